The first-order valence-electron chi connectivity index (χ1n) is 15.2. The number of ether oxygens (including phenoxy) is 2. The van der Waals surface area contributed by atoms with Crippen LogP contribution in [0, 0.1) is 5.92 Å². The fraction of sp³-hybridized carbons (Fsp3) is 0.485. The highest BCUT2D eigenvalue weighted by Gasteiger charge is 2.30. The normalized spacial score (nSPS) is 21.3. The molecule has 0 saturated heterocycles. The van der Waals surface area contributed by atoms with Gasteiger partial charge in [0.05, 0.1) is 30.4 Å². The van der Waals surface area contributed by atoms with Crippen LogP contribution < -0.4 is 9.46 Å². The second kappa shape index (κ2) is 15.9. The highest BCUT2D eigenvalue weighted by Crippen LogP contribution is 2.30. The Morgan fingerprint density at radius 2 is 1.89 bits per heavy atom. The number of aliphatic hydroxyl groups is 1. The Labute approximate surface area is 265 Å². The summed E-state index contributed by atoms with van der Waals surface area (Å²) >= 11 is 1.12. The van der Waals surface area contributed by atoms with Gasteiger partial charge in [0.1, 0.15) is 9.96 Å². The van der Waals surface area contributed by atoms with Crippen molar-refractivity contribution in [3.63, 3.8) is 0 Å². The van der Waals surface area contributed by atoms with E-state index in [1.54, 1.807) is 35.4 Å². The van der Waals surface area contributed by atoms with E-state index in [0.717, 1.165) is 37.1 Å². The molecule has 0 bridgehead atoms. The van der Waals surface area contributed by atoms with Crippen LogP contribution in [0.15, 0.2) is 70.3 Å². The lowest BCUT2D eigenvalue weighted by atomic mass is 10.0. The molecule has 4 atom stereocenters. The zero-order valence-corrected chi connectivity index (χ0v) is 27.6. The first-order valence-corrected chi connectivity index (χ1v) is 17.6. The SMILES string of the molecule is C[C@@H]1CCCCO[C@@H](CN(C)Cc2ccccc2)[C@H](C)CN([C@@H](C)CO)C(=O)c2cc(NS(=O)(=O)c3cccs3)ccc2O1. The van der Waals surface area contributed by atoms with Crippen molar-refractivity contribution in [1.82, 2.24) is 9.80 Å². The summed E-state index contributed by atoms with van der Waals surface area (Å²) in [6.07, 6.45) is 2.23. The van der Waals surface area contributed by atoms with Gasteiger partial charge in [0.15, 0.2) is 0 Å². The molecule has 11 heteroatoms. The van der Waals surface area contributed by atoms with Crippen LogP contribution in [-0.2, 0) is 21.3 Å². The molecule has 0 spiro atoms. The van der Waals surface area contributed by atoms with Crippen LogP contribution in [0.5, 0.6) is 5.75 Å². The van der Waals surface area contributed by atoms with E-state index < -0.39 is 16.1 Å². The molecule has 1 amide bonds. The minimum Gasteiger partial charge on any atom is -0.490 e. The van der Waals surface area contributed by atoms with Crippen LogP contribution in [-0.4, -0.2) is 80.8 Å². The number of thiophene rings is 1. The summed E-state index contributed by atoms with van der Waals surface area (Å²) in [6.45, 7) is 8.01. The van der Waals surface area contributed by atoms with Crippen molar-refractivity contribution in [1.29, 1.82) is 0 Å². The molecule has 4 rings (SSSR count). The molecule has 9 nitrogen and oxygen atoms in total. The number of amides is 1. The molecule has 3 aromatic rings. The maximum Gasteiger partial charge on any atom is 0.271 e. The Balaban J connectivity index is 1.63. The van der Waals surface area contributed by atoms with Gasteiger partial charge < -0.3 is 19.5 Å². The Hall–Kier alpha value is -2.96. The van der Waals surface area contributed by atoms with Crippen molar-refractivity contribution in [3.05, 3.63) is 77.2 Å². The molecule has 240 valence electrons. The van der Waals surface area contributed by atoms with E-state index in [9.17, 15) is 18.3 Å². The van der Waals surface area contributed by atoms with Crippen molar-refractivity contribution in [2.45, 2.75) is 69.0 Å². The summed E-state index contributed by atoms with van der Waals surface area (Å²) in [6, 6.07) is 17.8. The maximum atomic E-state index is 14.3. The molecule has 1 aliphatic rings. The Kier molecular flexibility index (Phi) is 12.2. The zero-order chi connectivity index (χ0) is 31.7. The van der Waals surface area contributed by atoms with E-state index in [-0.39, 0.29) is 46.1 Å². The molecule has 1 aliphatic heterocycles. The van der Waals surface area contributed by atoms with Crippen LogP contribution in [0.2, 0.25) is 0 Å². The smallest absolute Gasteiger partial charge is 0.271 e. The van der Waals surface area contributed by atoms with Crippen LogP contribution in [0.25, 0.3) is 0 Å². The Bertz CT molecular complexity index is 1430. The highest BCUT2D eigenvalue weighted by molar-refractivity contribution is 7.94. The van der Waals surface area contributed by atoms with Crippen LogP contribution >= 0.6 is 11.3 Å². The fourth-order valence-corrected chi connectivity index (χ4v) is 7.38. The maximum absolute atomic E-state index is 14.3. The van der Waals surface area contributed by atoms with E-state index in [2.05, 4.69) is 35.7 Å². The van der Waals surface area contributed by atoms with Gasteiger partial charge in [-0.05, 0) is 75.4 Å². The van der Waals surface area contributed by atoms with E-state index in [1.165, 1.54) is 17.7 Å². The summed E-state index contributed by atoms with van der Waals surface area (Å²) in [4.78, 5) is 18.2. The number of carbonyl (C=O) groups is 1. The lowest BCUT2D eigenvalue weighted by molar-refractivity contribution is -0.0177. The minimum atomic E-state index is -3.82. The Morgan fingerprint density at radius 3 is 2.59 bits per heavy atom. The predicted octanol–water partition coefficient (Wildman–Crippen LogP) is 5.48. The first kappa shape index (κ1) is 33.9. The van der Waals surface area contributed by atoms with Crippen molar-refractivity contribution >= 4 is 33.0 Å². The molecule has 2 heterocycles. The molecule has 44 heavy (non-hydrogen) atoms. The lowest BCUT2D eigenvalue weighted by Crippen LogP contribution is -2.47. The summed E-state index contributed by atoms with van der Waals surface area (Å²) in [7, 11) is -1.75. The molecule has 0 fully saturated rings. The number of hydrogen-bond acceptors (Lipinski definition) is 8. The van der Waals surface area contributed by atoms with Crippen LogP contribution in [0.3, 0.4) is 0 Å². The third kappa shape index (κ3) is 9.28. The van der Waals surface area contributed by atoms with Gasteiger partial charge in [-0.1, -0.05) is 43.3 Å². The van der Waals surface area contributed by atoms with Gasteiger partial charge in [-0.15, -0.1) is 11.3 Å². The minimum absolute atomic E-state index is 0.0575. The molecule has 0 saturated carbocycles. The molecule has 2 N–H and O–H groups in total. The summed E-state index contributed by atoms with van der Waals surface area (Å²) in [5.74, 6) is -0.0130. The van der Waals surface area contributed by atoms with Gasteiger partial charge in [0.2, 0.25) is 0 Å². The zero-order valence-electron chi connectivity index (χ0n) is 26.0. The molecule has 0 radical (unpaired) electrons. The number of benzene rings is 2. The molecule has 0 aliphatic carbocycles. The van der Waals surface area contributed by atoms with Gasteiger partial charge in [0, 0.05) is 37.8 Å². The van der Waals surface area contributed by atoms with Crippen molar-refractivity contribution in [2.75, 3.05) is 38.1 Å². The van der Waals surface area contributed by atoms with Gasteiger partial charge in [0.25, 0.3) is 15.9 Å². The van der Waals surface area contributed by atoms with Gasteiger partial charge in [-0.25, -0.2) is 8.42 Å². The van der Waals surface area contributed by atoms with Crippen LogP contribution in [0.1, 0.15) is 56.0 Å². The summed E-state index contributed by atoms with van der Waals surface area (Å²) in [5.41, 5.74) is 1.72. The van der Waals surface area contributed by atoms with Crippen LogP contribution in [0.4, 0.5) is 5.69 Å². The second-order valence-corrected chi connectivity index (χ2v) is 14.6. The lowest BCUT2D eigenvalue weighted by Gasteiger charge is -2.36. The standard InChI is InChI=1S/C33H45N3O6S2/c1-24-20-36(25(2)23-37)33(38)29-19-28(34-44(39,40)32-14-10-18-43-32)15-16-30(29)42-26(3)11-8-9-17-41-31(24)22-35(4)21-27-12-6-5-7-13-27/h5-7,10,12-16,18-19,24-26,31,34,37H,8-9,11,17,20-23H2,1-4H3/t24-,25+,26-,31+/m1/s1. The van der Waals surface area contributed by atoms with Gasteiger partial charge in [-0.3, -0.25) is 14.4 Å². The molecule has 0 unspecified atom stereocenters. The first-order chi connectivity index (χ1) is 21.1. The number of rotatable bonds is 9. The third-order valence-electron chi connectivity index (χ3n) is 7.85. The monoisotopic (exact) mass is 643 g/mol. The number of nitrogens with zero attached hydrogens (tertiary/aromatic N) is 2. The number of anilines is 1. The number of hydrogen-bond donors (Lipinski definition) is 2. The fourth-order valence-electron chi connectivity index (χ4n) is 5.34. The Morgan fingerprint density at radius 1 is 1.11 bits per heavy atom. The van der Waals surface area contributed by atoms with E-state index in [0.29, 0.717) is 25.4 Å². The van der Waals surface area contributed by atoms with E-state index >= 15 is 0 Å². The third-order valence-corrected chi connectivity index (χ3v) is 10.6. The topological polar surface area (TPSA) is 108 Å². The number of fused-ring (bicyclic) bond motifs is 1. The van der Waals surface area contributed by atoms with Crippen molar-refractivity contribution < 1.29 is 27.8 Å². The second-order valence-electron chi connectivity index (χ2n) is 11.7. The average molecular weight is 644 g/mol. The van der Waals surface area contributed by atoms with Gasteiger partial charge >= 0.3 is 0 Å². The van der Waals surface area contributed by atoms with E-state index in [1.807, 2.05) is 25.1 Å². The molecular formula is C33H45N3O6S2. The van der Waals surface area contributed by atoms with Crippen molar-refractivity contribution in [2.24, 2.45) is 5.92 Å². The largest absolute Gasteiger partial charge is 0.490 e. The number of sulfonamides is 1. The number of aliphatic hydroxyl groups excluding tert-OH is 1. The molecule has 1 aromatic heterocycles. The molecule has 2 aromatic carbocycles. The number of nitrogens with one attached hydrogen (secondary N) is 1. The van der Waals surface area contributed by atoms with E-state index in [4.69, 9.17) is 9.47 Å². The number of carbonyl (C=O) groups excluding carboxylic acids is 1. The quantitative estimate of drug-likeness (QED) is 0.318. The predicted molar refractivity (Wildman–Crippen MR) is 175 cm³/mol. The molecular weight excluding hydrogens is 599 g/mol. The number of likely N-dealkylation sites (N-methyl/N-ethyl adjacent to an activating group) is 1. The van der Waals surface area contributed by atoms with Gasteiger partial charge in [-0.2, -0.15) is 0 Å². The summed E-state index contributed by atoms with van der Waals surface area (Å²) < 4.78 is 41.4. The highest BCUT2D eigenvalue weighted by atomic mass is 32.2. The summed E-state index contributed by atoms with van der Waals surface area (Å²) in [5, 5.41) is 11.9. The van der Waals surface area contributed by atoms with Crippen molar-refractivity contribution in [3.8, 4) is 5.75 Å². The average Bonchev–Trinajstić information content (AvgIpc) is 3.55.